The SMILES string of the molecule is COc1ccc(CN2CCC(NC(=O)COc3ccc4ccccc4c3)CC2)cc1F. The highest BCUT2D eigenvalue weighted by Crippen LogP contribution is 2.21. The molecule has 0 aromatic heterocycles. The van der Waals surface area contributed by atoms with E-state index >= 15 is 0 Å². The topological polar surface area (TPSA) is 50.8 Å². The number of amides is 1. The molecule has 3 aromatic carbocycles. The Morgan fingerprint density at radius 1 is 1.06 bits per heavy atom. The number of fused-ring (bicyclic) bond motifs is 1. The Bertz CT molecular complexity index is 1050. The van der Waals surface area contributed by atoms with Crippen molar-refractivity contribution >= 4 is 16.7 Å². The third-order valence-electron chi connectivity index (χ3n) is 5.67. The van der Waals surface area contributed by atoms with Crippen LogP contribution in [0.15, 0.2) is 60.7 Å². The number of hydrogen-bond donors (Lipinski definition) is 1. The number of nitrogens with zero attached hydrogens (tertiary/aromatic N) is 1. The van der Waals surface area contributed by atoms with Crippen molar-refractivity contribution in [3.63, 3.8) is 0 Å². The van der Waals surface area contributed by atoms with E-state index in [9.17, 15) is 9.18 Å². The molecule has 0 radical (unpaired) electrons. The summed E-state index contributed by atoms with van der Waals surface area (Å²) < 4.78 is 24.5. The minimum Gasteiger partial charge on any atom is -0.494 e. The van der Waals surface area contributed by atoms with Gasteiger partial charge in [0.25, 0.3) is 5.91 Å². The monoisotopic (exact) mass is 422 g/mol. The van der Waals surface area contributed by atoms with Crippen LogP contribution in [-0.4, -0.2) is 43.7 Å². The molecule has 6 heteroatoms. The summed E-state index contributed by atoms with van der Waals surface area (Å²) in [7, 11) is 1.46. The summed E-state index contributed by atoms with van der Waals surface area (Å²) in [5.74, 6) is 0.504. The molecule has 5 nitrogen and oxygen atoms in total. The molecule has 1 aliphatic heterocycles. The Hall–Kier alpha value is -3.12. The molecular formula is C25H27FN2O3. The zero-order valence-electron chi connectivity index (χ0n) is 17.6. The number of likely N-dealkylation sites (tertiary alicyclic amines) is 1. The number of rotatable bonds is 7. The van der Waals surface area contributed by atoms with Gasteiger partial charge in [-0.3, -0.25) is 9.69 Å². The third kappa shape index (κ3) is 5.52. The summed E-state index contributed by atoms with van der Waals surface area (Å²) in [6, 6.07) is 19.1. The summed E-state index contributed by atoms with van der Waals surface area (Å²) >= 11 is 0. The van der Waals surface area contributed by atoms with Gasteiger partial charge in [0.05, 0.1) is 7.11 Å². The molecule has 1 amide bonds. The molecule has 162 valence electrons. The number of methoxy groups -OCH3 is 1. The number of piperidine rings is 1. The molecule has 1 heterocycles. The first kappa shape index (κ1) is 21.1. The number of benzene rings is 3. The first-order valence-electron chi connectivity index (χ1n) is 10.6. The molecule has 0 spiro atoms. The van der Waals surface area contributed by atoms with E-state index in [1.807, 2.05) is 48.5 Å². The highest BCUT2D eigenvalue weighted by Gasteiger charge is 2.21. The fraction of sp³-hybridized carbons (Fsp3) is 0.320. The summed E-state index contributed by atoms with van der Waals surface area (Å²) in [5.41, 5.74) is 0.921. The smallest absolute Gasteiger partial charge is 0.258 e. The Morgan fingerprint density at radius 3 is 2.58 bits per heavy atom. The maximum Gasteiger partial charge on any atom is 0.258 e. The molecule has 1 saturated heterocycles. The Kier molecular flexibility index (Phi) is 6.67. The van der Waals surface area contributed by atoms with Crippen molar-refractivity contribution in [2.24, 2.45) is 0 Å². The fourth-order valence-corrected chi connectivity index (χ4v) is 3.98. The normalized spacial score (nSPS) is 15.0. The molecule has 31 heavy (non-hydrogen) atoms. The van der Waals surface area contributed by atoms with Crippen LogP contribution in [0, 0.1) is 5.82 Å². The number of carbonyl (C=O) groups excluding carboxylic acids is 1. The van der Waals surface area contributed by atoms with E-state index in [4.69, 9.17) is 9.47 Å². The molecule has 1 aliphatic rings. The van der Waals surface area contributed by atoms with Crippen molar-refractivity contribution in [1.82, 2.24) is 10.2 Å². The van der Waals surface area contributed by atoms with Gasteiger partial charge in [0, 0.05) is 25.7 Å². The van der Waals surface area contributed by atoms with Crippen LogP contribution in [0.1, 0.15) is 18.4 Å². The third-order valence-corrected chi connectivity index (χ3v) is 5.67. The van der Waals surface area contributed by atoms with Crippen LogP contribution in [0.25, 0.3) is 10.8 Å². The first-order valence-corrected chi connectivity index (χ1v) is 10.6. The van der Waals surface area contributed by atoms with Crippen LogP contribution in [0.4, 0.5) is 4.39 Å². The van der Waals surface area contributed by atoms with Crippen LogP contribution in [0.5, 0.6) is 11.5 Å². The lowest BCUT2D eigenvalue weighted by atomic mass is 10.0. The molecule has 0 atom stereocenters. The molecule has 0 unspecified atom stereocenters. The van der Waals surface area contributed by atoms with Gasteiger partial charge in [0.15, 0.2) is 18.2 Å². The van der Waals surface area contributed by atoms with Crippen molar-refractivity contribution in [2.75, 3.05) is 26.8 Å². The molecule has 4 rings (SSSR count). The van der Waals surface area contributed by atoms with Gasteiger partial charge in [-0.25, -0.2) is 4.39 Å². The summed E-state index contributed by atoms with van der Waals surface area (Å²) in [5, 5.41) is 5.30. The number of halogens is 1. The van der Waals surface area contributed by atoms with Crippen LogP contribution in [0.3, 0.4) is 0 Å². The van der Waals surface area contributed by atoms with Gasteiger partial charge < -0.3 is 14.8 Å². The molecular weight excluding hydrogens is 395 g/mol. The maximum atomic E-state index is 13.9. The Morgan fingerprint density at radius 2 is 1.84 bits per heavy atom. The van der Waals surface area contributed by atoms with Gasteiger partial charge in [0.1, 0.15) is 5.75 Å². The van der Waals surface area contributed by atoms with Crippen molar-refractivity contribution < 1.29 is 18.7 Å². The highest BCUT2D eigenvalue weighted by molar-refractivity contribution is 5.84. The van der Waals surface area contributed by atoms with Gasteiger partial charge in [-0.15, -0.1) is 0 Å². The van der Waals surface area contributed by atoms with Crippen LogP contribution < -0.4 is 14.8 Å². The van der Waals surface area contributed by atoms with E-state index < -0.39 is 0 Å². The molecule has 0 bridgehead atoms. The Balaban J connectivity index is 1.21. The van der Waals surface area contributed by atoms with Crippen molar-refractivity contribution in [2.45, 2.75) is 25.4 Å². The lowest BCUT2D eigenvalue weighted by Gasteiger charge is -2.32. The second-order valence-corrected chi connectivity index (χ2v) is 7.88. The van der Waals surface area contributed by atoms with Crippen LogP contribution >= 0.6 is 0 Å². The van der Waals surface area contributed by atoms with E-state index in [0.29, 0.717) is 12.3 Å². The number of ether oxygens (including phenoxy) is 2. The predicted octanol–water partition coefficient (Wildman–Crippen LogP) is 4.15. The van der Waals surface area contributed by atoms with Gasteiger partial charge in [-0.05, 0) is 53.4 Å². The van der Waals surface area contributed by atoms with Crippen LogP contribution in [-0.2, 0) is 11.3 Å². The standard InChI is InChI=1S/C25H27FN2O3/c1-30-24-9-6-18(14-23(24)26)16-28-12-10-21(11-13-28)27-25(29)17-31-22-8-7-19-4-2-3-5-20(19)15-22/h2-9,14-15,21H,10-13,16-17H2,1H3,(H,27,29). The molecule has 1 N–H and O–H groups in total. The lowest BCUT2D eigenvalue weighted by molar-refractivity contribution is -0.124. The highest BCUT2D eigenvalue weighted by atomic mass is 19.1. The molecule has 0 saturated carbocycles. The zero-order valence-corrected chi connectivity index (χ0v) is 17.6. The fourth-order valence-electron chi connectivity index (χ4n) is 3.98. The largest absolute Gasteiger partial charge is 0.494 e. The second-order valence-electron chi connectivity index (χ2n) is 7.88. The van der Waals surface area contributed by atoms with E-state index in [1.165, 1.54) is 13.2 Å². The predicted molar refractivity (Wildman–Crippen MR) is 119 cm³/mol. The second kappa shape index (κ2) is 9.79. The molecule has 0 aliphatic carbocycles. The van der Waals surface area contributed by atoms with Gasteiger partial charge in [0.2, 0.25) is 0 Å². The van der Waals surface area contributed by atoms with Gasteiger partial charge in [-0.2, -0.15) is 0 Å². The number of nitrogens with one attached hydrogen (secondary N) is 1. The average molecular weight is 423 g/mol. The lowest BCUT2D eigenvalue weighted by Crippen LogP contribution is -2.45. The zero-order chi connectivity index (χ0) is 21.6. The van der Waals surface area contributed by atoms with Gasteiger partial charge in [-0.1, -0.05) is 36.4 Å². The summed E-state index contributed by atoms with van der Waals surface area (Å²) in [4.78, 5) is 14.6. The minimum absolute atomic E-state index is 0.00365. The van der Waals surface area contributed by atoms with Crippen molar-refractivity contribution in [3.8, 4) is 11.5 Å². The number of hydrogen-bond acceptors (Lipinski definition) is 4. The van der Waals surface area contributed by atoms with E-state index in [0.717, 1.165) is 42.3 Å². The average Bonchev–Trinajstić information content (AvgIpc) is 2.79. The van der Waals surface area contributed by atoms with Crippen molar-refractivity contribution in [1.29, 1.82) is 0 Å². The molecule has 3 aromatic rings. The number of carbonyl (C=O) groups is 1. The van der Waals surface area contributed by atoms with Gasteiger partial charge >= 0.3 is 0 Å². The van der Waals surface area contributed by atoms with E-state index in [-0.39, 0.29) is 30.1 Å². The summed E-state index contributed by atoms with van der Waals surface area (Å²) in [6.07, 6.45) is 1.72. The Labute approximate surface area is 181 Å². The quantitative estimate of drug-likeness (QED) is 0.622. The van der Waals surface area contributed by atoms with E-state index in [2.05, 4.69) is 10.2 Å². The van der Waals surface area contributed by atoms with Crippen LogP contribution in [0.2, 0.25) is 0 Å². The maximum absolute atomic E-state index is 13.9. The van der Waals surface area contributed by atoms with Crippen molar-refractivity contribution in [3.05, 3.63) is 72.0 Å². The van der Waals surface area contributed by atoms with E-state index in [1.54, 1.807) is 6.07 Å². The summed E-state index contributed by atoms with van der Waals surface area (Å²) in [6.45, 7) is 2.39. The minimum atomic E-state index is -0.339. The molecule has 1 fully saturated rings. The first-order chi connectivity index (χ1) is 15.1.